The summed E-state index contributed by atoms with van der Waals surface area (Å²) < 4.78 is 15.1. The molecule has 2 saturated carbocycles. The first-order chi connectivity index (χ1) is 9.63. The number of hydrogen-bond donors (Lipinski definition) is 1. The average molecular weight is 340 g/mol. The zero-order valence-electron chi connectivity index (χ0n) is 12.1. The maximum absolute atomic E-state index is 14.1. The van der Waals surface area contributed by atoms with E-state index in [1.54, 1.807) is 12.1 Å². The van der Waals surface area contributed by atoms with Crippen molar-refractivity contribution in [1.29, 1.82) is 0 Å². The normalized spacial score (nSPS) is 31.9. The van der Waals surface area contributed by atoms with Gasteiger partial charge < -0.3 is 5.32 Å². The van der Waals surface area contributed by atoms with Crippen molar-refractivity contribution < 1.29 is 4.39 Å². The maximum atomic E-state index is 14.1. The minimum atomic E-state index is -0.0492. The first-order valence-corrected chi connectivity index (χ1v) is 8.57. The van der Waals surface area contributed by atoms with E-state index in [2.05, 4.69) is 28.2 Å². The maximum Gasteiger partial charge on any atom is 0.126 e. The molecule has 1 nitrogen and oxygen atoms in total. The number of benzene rings is 1. The lowest BCUT2D eigenvalue weighted by Crippen LogP contribution is -2.40. The molecule has 2 fully saturated rings. The summed E-state index contributed by atoms with van der Waals surface area (Å²) in [6.45, 7) is 4.19. The highest BCUT2D eigenvalue weighted by molar-refractivity contribution is 9.10. The van der Waals surface area contributed by atoms with E-state index in [9.17, 15) is 4.39 Å². The van der Waals surface area contributed by atoms with E-state index in [0.717, 1.165) is 41.4 Å². The van der Waals surface area contributed by atoms with Crippen molar-refractivity contribution in [2.24, 2.45) is 17.3 Å². The zero-order chi connectivity index (χ0) is 14.2. The summed E-state index contributed by atoms with van der Waals surface area (Å²) in [6, 6.07) is 5.35. The first-order valence-electron chi connectivity index (χ1n) is 7.77. The van der Waals surface area contributed by atoms with Crippen LogP contribution in [0.5, 0.6) is 0 Å². The average Bonchev–Trinajstić information content (AvgIpc) is 3.02. The quantitative estimate of drug-likeness (QED) is 0.829. The predicted molar refractivity (Wildman–Crippen MR) is 84.2 cm³/mol. The van der Waals surface area contributed by atoms with Gasteiger partial charge in [-0.3, -0.25) is 0 Å². The summed E-state index contributed by atoms with van der Waals surface area (Å²) >= 11 is 3.47. The van der Waals surface area contributed by atoms with E-state index >= 15 is 0 Å². The summed E-state index contributed by atoms with van der Waals surface area (Å²) in [6.07, 6.45) is 6.25. The Bertz CT molecular complexity index is 490. The fourth-order valence-electron chi connectivity index (χ4n) is 4.49. The van der Waals surface area contributed by atoms with Crippen LogP contribution in [0.15, 0.2) is 22.7 Å². The summed E-state index contributed by atoms with van der Waals surface area (Å²) in [5.41, 5.74) is 1.16. The lowest BCUT2D eigenvalue weighted by molar-refractivity contribution is 0.156. The molecule has 2 bridgehead atoms. The van der Waals surface area contributed by atoms with Crippen molar-refractivity contribution in [2.45, 2.75) is 39.0 Å². The van der Waals surface area contributed by atoms with Gasteiger partial charge in [0, 0.05) is 11.0 Å². The smallest absolute Gasteiger partial charge is 0.126 e. The number of fused-ring (bicyclic) bond motifs is 2. The Morgan fingerprint density at radius 3 is 2.90 bits per heavy atom. The molecule has 0 radical (unpaired) electrons. The Kier molecular flexibility index (Phi) is 4.19. The minimum Gasteiger partial charge on any atom is -0.316 e. The molecule has 20 heavy (non-hydrogen) atoms. The summed E-state index contributed by atoms with van der Waals surface area (Å²) in [5, 5.41) is 3.54. The Hall–Kier alpha value is -0.410. The van der Waals surface area contributed by atoms with E-state index in [-0.39, 0.29) is 11.2 Å². The van der Waals surface area contributed by atoms with Gasteiger partial charge in [-0.05, 0) is 73.2 Å². The van der Waals surface area contributed by atoms with E-state index in [0.29, 0.717) is 0 Å². The summed E-state index contributed by atoms with van der Waals surface area (Å²) in [7, 11) is 0. The van der Waals surface area contributed by atoms with Crippen molar-refractivity contribution in [1.82, 2.24) is 5.32 Å². The van der Waals surface area contributed by atoms with Gasteiger partial charge in [0.1, 0.15) is 5.82 Å². The van der Waals surface area contributed by atoms with E-state index < -0.39 is 0 Å². The molecule has 0 aromatic heterocycles. The van der Waals surface area contributed by atoms with Crippen LogP contribution in [0.3, 0.4) is 0 Å². The van der Waals surface area contributed by atoms with E-state index in [1.165, 1.54) is 25.7 Å². The van der Waals surface area contributed by atoms with Crippen molar-refractivity contribution in [2.75, 3.05) is 13.1 Å². The third-order valence-electron chi connectivity index (χ3n) is 5.38. The standard InChI is InChI=1S/C17H23BrFN/c1-2-20-11-17(9-12-3-4-14(17)7-12)10-13-8-15(18)5-6-16(13)19/h5-6,8,12,14,20H,2-4,7,9-11H2,1H3. The molecule has 2 aliphatic carbocycles. The molecule has 1 aromatic rings. The predicted octanol–water partition coefficient (Wildman–Crippen LogP) is 4.55. The van der Waals surface area contributed by atoms with E-state index in [1.807, 2.05) is 6.07 Å². The van der Waals surface area contributed by atoms with Gasteiger partial charge in [0.25, 0.3) is 0 Å². The van der Waals surface area contributed by atoms with Gasteiger partial charge in [0.05, 0.1) is 0 Å². The lowest BCUT2D eigenvalue weighted by atomic mass is 9.69. The van der Waals surface area contributed by atoms with Crippen LogP contribution in [0.1, 0.15) is 38.2 Å². The monoisotopic (exact) mass is 339 g/mol. The van der Waals surface area contributed by atoms with Crippen molar-refractivity contribution >= 4 is 15.9 Å². The fraction of sp³-hybridized carbons (Fsp3) is 0.647. The molecule has 1 N–H and O–H groups in total. The molecule has 0 aliphatic heterocycles. The second-order valence-electron chi connectivity index (χ2n) is 6.64. The molecule has 0 saturated heterocycles. The highest BCUT2D eigenvalue weighted by Gasteiger charge is 2.50. The van der Waals surface area contributed by atoms with Crippen LogP contribution in [0, 0.1) is 23.1 Å². The van der Waals surface area contributed by atoms with Gasteiger partial charge in [-0.1, -0.05) is 29.3 Å². The highest BCUT2D eigenvalue weighted by atomic mass is 79.9. The number of halogens is 2. The van der Waals surface area contributed by atoms with Gasteiger partial charge in [0.2, 0.25) is 0 Å². The fourth-order valence-corrected chi connectivity index (χ4v) is 4.89. The molecule has 3 atom stereocenters. The Morgan fingerprint density at radius 2 is 2.25 bits per heavy atom. The third-order valence-corrected chi connectivity index (χ3v) is 5.87. The Labute approximate surface area is 129 Å². The Morgan fingerprint density at radius 1 is 1.40 bits per heavy atom. The largest absolute Gasteiger partial charge is 0.316 e. The molecule has 2 aliphatic rings. The minimum absolute atomic E-state index is 0.0492. The number of rotatable bonds is 5. The second kappa shape index (κ2) is 5.76. The third kappa shape index (κ3) is 2.67. The lowest BCUT2D eigenvalue weighted by Gasteiger charge is -2.38. The zero-order valence-corrected chi connectivity index (χ0v) is 13.7. The van der Waals surface area contributed by atoms with Gasteiger partial charge >= 0.3 is 0 Å². The van der Waals surface area contributed by atoms with Crippen LogP contribution in [0.2, 0.25) is 0 Å². The molecule has 0 amide bonds. The Balaban J connectivity index is 1.85. The second-order valence-corrected chi connectivity index (χ2v) is 7.55. The molecular formula is C17H23BrFN. The molecule has 1 aromatic carbocycles. The van der Waals surface area contributed by atoms with Crippen LogP contribution in [-0.2, 0) is 6.42 Å². The molecule has 0 spiro atoms. The topological polar surface area (TPSA) is 12.0 Å². The molecule has 3 rings (SSSR count). The SMILES string of the molecule is CCNCC1(Cc2cc(Br)ccc2F)CC2CCC1C2. The van der Waals surface area contributed by atoms with Gasteiger partial charge in [0.15, 0.2) is 0 Å². The summed E-state index contributed by atoms with van der Waals surface area (Å²) in [5.74, 6) is 1.62. The van der Waals surface area contributed by atoms with Gasteiger partial charge in [-0.15, -0.1) is 0 Å². The van der Waals surface area contributed by atoms with Crippen LogP contribution >= 0.6 is 15.9 Å². The van der Waals surface area contributed by atoms with Crippen molar-refractivity contribution in [3.63, 3.8) is 0 Å². The molecule has 0 heterocycles. The molecule has 3 unspecified atom stereocenters. The van der Waals surface area contributed by atoms with Gasteiger partial charge in [-0.2, -0.15) is 0 Å². The highest BCUT2D eigenvalue weighted by Crippen LogP contribution is 2.57. The van der Waals surface area contributed by atoms with Crippen LogP contribution in [-0.4, -0.2) is 13.1 Å². The van der Waals surface area contributed by atoms with Gasteiger partial charge in [-0.25, -0.2) is 4.39 Å². The first kappa shape index (κ1) is 14.5. The number of hydrogen-bond acceptors (Lipinski definition) is 1. The molecular weight excluding hydrogens is 317 g/mol. The summed E-state index contributed by atoms with van der Waals surface area (Å²) in [4.78, 5) is 0. The van der Waals surface area contributed by atoms with Crippen LogP contribution in [0.25, 0.3) is 0 Å². The molecule has 110 valence electrons. The molecule has 3 heteroatoms. The number of nitrogens with one attached hydrogen (secondary N) is 1. The van der Waals surface area contributed by atoms with Crippen molar-refractivity contribution in [3.05, 3.63) is 34.1 Å². The van der Waals surface area contributed by atoms with Crippen LogP contribution in [0.4, 0.5) is 4.39 Å². The van der Waals surface area contributed by atoms with Crippen LogP contribution < -0.4 is 5.32 Å². The van der Waals surface area contributed by atoms with Crippen molar-refractivity contribution in [3.8, 4) is 0 Å². The van der Waals surface area contributed by atoms with E-state index in [4.69, 9.17) is 0 Å².